The Morgan fingerprint density at radius 3 is 2.10 bits per heavy atom. The number of benzene rings is 1. The van der Waals surface area contributed by atoms with Crippen molar-refractivity contribution < 1.29 is 14.7 Å². The van der Waals surface area contributed by atoms with E-state index in [1.54, 1.807) is 47.4 Å². The largest absolute Gasteiger partial charge is 0.477 e. The average Bonchev–Trinajstić information content (AvgIpc) is 2.45. The highest BCUT2D eigenvalue weighted by Crippen LogP contribution is 2.10. The van der Waals surface area contributed by atoms with E-state index in [0.717, 1.165) is 0 Å². The number of nitrogens with zero attached hydrogens (tertiary/aromatic N) is 1. The molecule has 0 amide bonds. The van der Waals surface area contributed by atoms with Crippen molar-refractivity contribution in [3.05, 3.63) is 73.0 Å². The van der Waals surface area contributed by atoms with Gasteiger partial charge in [-0.2, -0.15) is 0 Å². The summed E-state index contributed by atoms with van der Waals surface area (Å²) >= 11 is 0. The van der Waals surface area contributed by atoms with Gasteiger partial charge in [0.05, 0.1) is 0 Å². The van der Waals surface area contributed by atoms with Crippen LogP contribution in [0.15, 0.2) is 67.4 Å². The molecule has 1 rings (SSSR count). The molecule has 4 nitrogen and oxygen atoms in total. The van der Waals surface area contributed by atoms with Crippen LogP contribution in [-0.2, 0) is 4.79 Å². The third-order valence-corrected chi connectivity index (χ3v) is 2.55. The van der Waals surface area contributed by atoms with Gasteiger partial charge in [0, 0.05) is 24.9 Å². The second-order valence-corrected chi connectivity index (χ2v) is 4.07. The highest BCUT2D eigenvalue weighted by Gasteiger charge is 2.19. The molecule has 1 N–H and O–H groups in total. The molecule has 1 aromatic rings. The lowest BCUT2D eigenvalue weighted by atomic mass is 10.0. The minimum Gasteiger partial charge on any atom is -0.477 e. The maximum Gasteiger partial charge on any atom is 0.341 e. The zero-order valence-electron chi connectivity index (χ0n) is 11.2. The molecule has 4 heteroatoms. The van der Waals surface area contributed by atoms with E-state index in [9.17, 15) is 14.7 Å². The van der Waals surface area contributed by atoms with Gasteiger partial charge in [0.25, 0.3) is 0 Å². The SMILES string of the molecule is C=CCN(/C=C(/C(=O)O)C(=O)c1ccccc1)CC=C. The van der Waals surface area contributed by atoms with E-state index in [1.165, 1.54) is 6.20 Å². The molecular formula is C16H17NO3. The van der Waals surface area contributed by atoms with Crippen LogP contribution in [0.2, 0.25) is 0 Å². The van der Waals surface area contributed by atoms with Crippen molar-refractivity contribution in [2.45, 2.75) is 0 Å². The number of carboxylic acids is 1. The van der Waals surface area contributed by atoms with Crippen molar-refractivity contribution in [2.75, 3.05) is 13.1 Å². The molecule has 0 aliphatic carbocycles. The number of Topliss-reactive ketones (excluding diaryl/α,β-unsaturated/α-hetero) is 1. The monoisotopic (exact) mass is 271 g/mol. The summed E-state index contributed by atoms with van der Waals surface area (Å²) in [5.74, 6) is -1.77. The van der Waals surface area contributed by atoms with Crippen LogP contribution >= 0.6 is 0 Å². The zero-order chi connectivity index (χ0) is 15.0. The standard InChI is InChI=1S/C16H17NO3/c1-3-10-17(11-4-2)12-14(16(19)20)15(18)13-8-6-5-7-9-13/h3-9,12H,1-2,10-11H2,(H,19,20)/b14-12+. The van der Waals surface area contributed by atoms with Crippen LogP contribution in [0, 0.1) is 0 Å². The molecule has 0 radical (unpaired) electrons. The minimum absolute atomic E-state index is 0.278. The smallest absolute Gasteiger partial charge is 0.341 e. The van der Waals surface area contributed by atoms with Gasteiger partial charge in [0.15, 0.2) is 0 Å². The third-order valence-electron chi connectivity index (χ3n) is 2.55. The molecule has 0 aromatic heterocycles. The van der Waals surface area contributed by atoms with Crippen LogP contribution in [0.3, 0.4) is 0 Å². The summed E-state index contributed by atoms with van der Waals surface area (Å²) in [5.41, 5.74) is 0.0678. The summed E-state index contributed by atoms with van der Waals surface area (Å²) in [6.45, 7) is 8.07. The van der Waals surface area contributed by atoms with Gasteiger partial charge < -0.3 is 10.0 Å². The van der Waals surface area contributed by atoms with Crippen LogP contribution < -0.4 is 0 Å². The molecule has 1 aromatic carbocycles. The Balaban J connectivity index is 3.09. The molecule has 0 atom stereocenters. The summed E-state index contributed by atoms with van der Waals surface area (Å²) in [6, 6.07) is 8.33. The Hall–Kier alpha value is -2.62. The number of rotatable bonds is 8. The van der Waals surface area contributed by atoms with E-state index in [1.807, 2.05) is 0 Å². The number of hydrogen-bond donors (Lipinski definition) is 1. The predicted octanol–water partition coefficient (Wildman–Crippen LogP) is 2.51. The fourth-order valence-electron chi connectivity index (χ4n) is 1.65. The minimum atomic E-state index is -1.25. The first-order valence-electron chi connectivity index (χ1n) is 6.10. The van der Waals surface area contributed by atoms with Crippen molar-refractivity contribution in [2.24, 2.45) is 0 Å². The van der Waals surface area contributed by atoms with Crippen LogP contribution in [0.1, 0.15) is 10.4 Å². The normalized spacial score (nSPS) is 10.7. The van der Waals surface area contributed by atoms with Crippen molar-refractivity contribution in [3.8, 4) is 0 Å². The van der Waals surface area contributed by atoms with Crippen molar-refractivity contribution in [3.63, 3.8) is 0 Å². The second-order valence-electron chi connectivity index (χ2n) is 4.07. The quantitative estimate of drug-likeness (QED) is 0.259. The third kappa shape index (κ3) is 4.24. The molecular weight excluding hydrogens is 254 g/mol. The van der Waals surface area contributed by atoms with Crippen LogP contribution in [-0.4, -0.2) is 34.8 Å². The number of carboxylic acid groups (broad SMARTS) is 1. The molecule has 0 bridgehead atoms. The maximum atomic E-state index is 12.2. The predicted molar refractivity (Wildman–Crippen MR) is 78.5 cm³/mol. The summed E-state index contributed by atoms with van der Waals surface area (Å²) < 4.78 is 0. The Kier molecular flexibility index (Phi) is 5.97. The van der Waals surface area contributed by atoms with E-state index >= 15 is 0 Å². The van der Waals surface area contributed by atoms with Gasteiger partial charge in [0.2, 0.25) is 5.78 Å². The van der Waals surface area contributed by atoms with Gasteiger partial charge in [-0.15, -0.1) is 13.2 Å². The fraction of sp³-hybridized carbons (Fsp3) is 0.125. The molecule has 20 heavy (non-hydrogen) atoms. The van der Waals surface area contributed by atoms with Gasteiger partial charge in [0.1, 0.15) is 5.57 Å². The number of aliphatic carboxylic acids is 1. The van der Waals surface area contributed by atoms with Crippen LogP contribution in [0.25, 0.3) is 0 Å². The molecule has 0 saturated carbocycles. The molecule has 0 fully saturated rings. The highest BCUT2D eigenvalue weighted by molar-refractivity contribution is 6.23. The number of hydrogen-bond acceptors (Lipinski definition) is 3. The zero-order valence-corrected chi connectivity index (χ0v) is 11.2. The summed E-state index contributed by atoms with van der Waals surface area (Å²) in [5, 5.41) is 9.22. The fourth-order valence-corrected chi connectivity index (χ4v) is 1.65. The molecule has 0 aliphatic heterocycles. The first kappa shape index (κ1) is 15.4. The molecule has 104 valence electrons. The Morgan fingerprint density at radius 2 is 1.65 bits per heavy atom. The lowest BCUT2D eigenvalue weighted by Gasteiger charge is -2.17. The van der Waals surface area contributed by atoms with Gasteiger partial charge in [-0.25, -0.2) is 4.79 Å². The van der Waals surface area contributed by atoms with Gasteiger partial charge in [-0.05, 0) is 0 Å². The number of carbonyl (C=O) groups is 2. The van der Waals surface area contributed by atoms with E-state index in [0.29, 0.717) is 18.7 Å². The van der Waals surface area contributed by atoms with E-state index in [-0.39, 0.29) is 5.57 Å². The highest BCUT2D eigenvalue weighted by atomic mass is 16.4. The Morgan fingerprint density at radius 1 is 1.10 bits per heavy atom. The topological polar surface area (TPSA) is 57.6 Å². The summed E-state index contributed by atoms with van der Waals surface area (Å²) in [4.78, 5) is 25.2. The van der Waals surface area contributed by atoms with Crippen molar-refractivity contribution >= 4 is 11.8 Å². The first-order valence-corrected chi connectivity index (χ1v) is 6.10. The van der Waals surface area contributed by atoms with E-state index in [2.05, 4.69) is 13.2 Å². The Labute approximate surface area is 118 Å². The number of ketones is 1. The second kappa shape index (κ2) is 7.74. The van der Waals surface area contributed by atoms with Crippen LogP contribution in [0.5, 0.6) is 0 Å². The van der Waals surface area contributed by atoms with E-state index in [4.69, 9.17) is 0 Å². The lowest BCUT2D eigenvalue weighted by molar-refractivity contribution is -0.132. The summed E-state index contributed by atoms with van der Waals surface area (Å²) in [7, 11) is 0. The summed E-state index contributed by atoms with van der Waals surface area (Å²) in [6.07, 6.45) is 4.60. The van der Waals surface area contributed by atoms with Crippen molar-refractivity contribution in [1.82, 2.24) is 4.90 Å². The van der Waals surface area contributed by atoms with Crippen LogP contribution in [0.4, 0.5) is 0 Å². The van der Waals surface area contributed by atoms with Gasteiger partial charge in [-0.3, -0.25) is 4.79 Å². The molecule has 0 unspecified atom stereocenters. The average molecular weight is 271 g/mol. The van der Waals surface area contributed by atoms with Crippen molar-refractivity contribution in [1.29, 1.82) is 0 Å². The first-order chi connectivity index (χ1) is 9.60. The maximum absolute atomic E-state index is 12.2. The van der Waals surface area contributed by atoms with Gasteiger partial charge in [-0.1, -0.05) is 42.5 Å². The Bertz CT molecular complexity index is 522. The number of carbonyl (C=O) groups excluding carboxylic acids is 1. The lowest BCUT2D eigenvalue weighted by Crippen LogP contribution is -2.22. The molecule has 0 saturated heterocycles. The molecule has 0 heterocycles. The molecule has 0 aliphatic rings. The van der Waals surface area contributed by atoms with E-state index < -0.39 is 11.8 Å². The molecule has 0 spiro atoms. The van der Waals surface area contributed by atoms with Gasteiger partial charge >= 0.3 is 5.97 Å².